The Hall–Kier alpha value is -1.95. The summed E-state index contributed by atoms with van der Waals surface area (Å²) in [4.78, 5) is 11.3. The number of ether oxygens (including phenoxy) is 1. The minimum Gasteiger partial charge on any atom is -0.378 e. The second-order valence-corrected chi connectivity index (χ2v) is 6.14. The van der Waals surface area contributed by atoms with Gasteiger partial charge in [-0.2, -0.15) is 9.57 Å². The molecular formula is C12H13N3O4S. The summed E-state index contributed by atoms with van der Waals surface area (Å²) >= 11 is 0. The Kier molecular flexibility index (Phi) is 4.04. The molecule has 1 heterocycles. The first-order valence-electron chi connectivity index (χ1n) is 5.86. The van der Waals surface area contributed by atoms with Gasteiger partial charge < -0.3 is 10.5 Å². The van der Waals surface area contributed by atoms with E-state index in [1.54, 1.807) is 0 Å². The van der Waals surface area contributed by atoms with Gasteiger partial charge in [-0.25, -0.2) is 8.42 Å². The molecule has 1 aliphatic heterocycles. The number of rotatable bonds is 3. The molecule has 0 bridgehead atoms. The summed E-state index contributed by atoms with van der Waals surface area (Å²) in [5, 5.41) is 8.83. The lowest BCUT2D eigenvalue weighted by Crippen LogP contribution is -2.54. The van der Waals surface area contributed by atoms with Crippen LogP contribution >= 0.6 is 0 Å². The highest BCUT2D eigenvalue weighted by Crippen LogP contribution is 2.21. The molecule has 7 nitrogen and oxygen atoms in total. The third kappa shape index (κ3) is 2.65. The predicted octanol–water partition coefficient (Wildman–Crippen LogP) is -0.567. The molecule has 2 N–H and O–H groups in total. The number of nitriles is 1. The molecule has 1 unspecified atom stereocenters. The standard InChI is InChI=1S/C12H13N3O4S/c13-7-9-2-1-3-10(6-9)20(17,18)15-4-5-19-8-11(15)12(14)16/h1-3,6,11H,4-5,8H2,(H2,14,16). The molecule has 8 heteroatoms. The summed E-state index contributed by atoms with van der Waals surface area (Å²) in [7, 11) is -3.89. The third-order valence-electron chi connectivity index (χ3n) is 2.98. The van der Waals surface area contributed by atoms with E-state index in [0.717, 1.165) is 4.31 Å². The molecular weight excluding hydrogens is 282 g/mol. The van der Waals surface area contributed by atoms with Crippen molar-refractivity contribution in [2.75, 3.05) is 19.8 Å². The summed E-state index contributed by atoms with van der Waals surface area (Å²) in [5.74, 6) is -0.760. The van der Waals surface area contributed by atoms with Crippen molar-refractivity contribution in [3.63, 3.8) is 0 Å². The van der Waals surface area contributed by atoms with E-state index in [1.165, 1.54) is 24.3 Å². The molecule has 0 aromatic heterocycles. The first-order chi connectivity index (χ1) is 9.46. The Bertz CT molecular complexity index is 666. The number of nitrogens with two attached hydrogens (primary N) is 1. The first-order valence-corrected chi connectivity index (χ1v) is 7.30. The van der Waals surface area contributed by atoms with Crippen molar-refractivity contribution in [2.45, 2.75) is 10.9 Å². The zero-order valence-electron chi connectivity index (χ0n) is 10.5. The van der Waals surface area contributed by atoms with Crippen molar-refractivity contribution in [3.05, 3.63) is 29.8 Å². The third-order valence-corrected chi connectivity index (χ3v) is 4.88. The lowest BCUT2D eigenvalue weighted by Gasteiger charge is -2.32. The van der Waals surface area contributed by atoms with Gasteiger partial charge in [-0.3, -0.25) is 4.79 Å². The summed E-state index contributed by atoms with van der Waals surface area (Å²) in [6.07, 6.45) is 0. The predicted molar refractivity (Wildman–Crippen MR) is 68.9 cm³/mol. The van der Waals surface area contributed by atoms with Gasteiger partial charge in [-0.1, -0.05) is 6.07 Å². The average Bonchev–Trinajstić information content (AvgIpc) is 2.47. The van der Waals surface area contributed by atoms with Crippen molar-refractivity contribution in [3.8, 4) is 6.07 Å². The van der Waals surface area contributed by atoms with Crippen LogP contribution in [0.5, 0.6) is 0 Å². The fourth-order valence-corrected chi connectivity index (χ4v) is 3.57. The maximum atomic E-state index is 12.5. The SMILES string of the molecule is N#Cc1cccc(S(=O)(=O)N2CCOCC2C(N)=O)c1. The average molecular weight is 295 g/mol. The van der Waals surface area contributed by atoms with Crippen LogP contribution in [0.25, 0.3) is 0 Å². The van der Waals surface area contributed by atoms with Crippen LogP contribution in [0.3, 0.4) is 0 Å². The maximum Gasteiger partial charge on any atom is 0.244 e. The van der Waals surface area contributed by atoms with Crippen molar-refractivity contribution >= 4 is 15.9 Å². The van der Waals surface area contributed by atoms with Gasteiger partial charge in [-0.05, 0) is 18.2 Å². The van der Waals surface area contributed by atoms with Crippen LogP contribution in [0.4, 0.5) is 0 Å². The highest BCUT2D eigenvalue weighted by Gasteiger charge is 2.37. The number of hydrogen-bond acceptors (Lipinski definition) is 5. The molecule has 1 atom stereocenters. The molecule has 106 valence electrons. The van der Waals surface area contributed by atoms with Crippen LogP contribution in [-0.4, -0.2) is 44.4 Å². The second kappa shape index (κ2) is 5.58. The van der Waals surface area contributed by atoms with Gasteiger partial charge in [0.25, 0.3) is 0 Å². The Morgan fingerprint density at radius 2 is 2.25 bits per heavy atom. The van der Waals surface area contributed by atoms with Gasteiger partial charge in [0.1, 0.15) is 6.04 Å². The zero-order chi connectivity index (χ0) is 14.8. The smallest absolute Gasteiger partial charge is 0.244 e. The monoisotopic (exact) mass is 295 g/mol. The molecule has 0 aliphatic carbocycles. The summed E-state index contributed by atoms with van der Waals surface area (Å²) in [5.41, 5.74) is 5.44. The van der Waals surface area contributed by atoms with Crippen LogP contribution in [0.1, 0.15) is 5.56 Å². The Morgan fingerprint density at radius 3 is 2.90 bits per heavy atom. The number of carbonyl (C=O) groups is 1. The van der Waals surface area contributed by atoms with E-state index in [1.807, 2.05) is 6.07 Å². The van der Waals surface area contributed by atoms with E-state index in [0.29, 0.717) is 0 Å². The zero-order valence-corrected chi connectivity index (χ0v) is 11.3. The fraction of sp³-hybridized carbons (Fsp3) is 0.333. The number of amides is 1. The van der Waals surface area contributed by atoms with Gasteiger partial charge in [0.15, 0.2) is 0 Å². The Balaban J connectivity index is 2.42. The molecule has 1 aliphatic rings. The number of nitrogens with zero attached hydrogens (tertiary/aromatic N) is 2. The Morgan fingerprint density at radius 1 is 1.50 bits per heavy atom. The van der Waals surface area contributed by atoms with E-state index in [-0.39, 0.29) is 30.2 Å². The van der Waals surface area contributed by atoms with Gasteiger partial charge in [0.05, 0.1) is 29.7 Å². The quantitative estimate of drug-likeness (QED) is 0.802. The van der Waals surface area contributed by atoms with E-state index in [2.05, 4.69) is 0 Å². The van der Waals surface area contributed by atoms with Crippen molar-refractivity contribution < 1.29 is 17.9 Å². The van der Waals surface area contributed by atoms with Crippen LogP contribution in [0.15, 0.2) is 29.2 Å². The highest BCUT2D eigenvalue weighted by molar-refractivity contribution is 7.89. The van der Waals surface area contributed by atoms with Gasteiger partial charge in [-0.15, -0.1) is 0 Å². The normalized spacial score (nSPS) is 20.2. The fourth-order valence-electron chi connectivity index (χ4n) is 1.96. The second-order valence-electron chi connectivity index (χ2n) is 4.25. The lowest BCUT2D eigenvalue weighted by atomic mass is 10.2. The highest BCUT2D eigenvalue weighted by atomic mass is 32.2. The van der Waals surface area contributed by atoms with Crippen LogP contribution in [0, 0.1) is 11.3 Å². The summed E-state index contributed by atoms with van der Waals surface area (Å²) in [6, 6.07) is 6.48. The molecule has 20 heavy (non-hydrogen) atoms. The first kappa shape index (κ1) is 14.5. The lowest BCUT2D eigenvalue weighted by molar-refractivity contribution is -0.125. The van der Waals surface area contributed by atoms with Crippen LogP contribution < -0.4 is 5.73 Å². The molecule has 1 aromatic rings. The van der Waals surface area contributed by atoms with E-state index >= 15 is 0 Å². The molecule has 0 saturated carbocycles. The Labute approximate surface area is 116 Å². The molecule has 2 rings (SSSR count). The van der Waals surface area contributed by atoms with Crippen LogP contribution in [-0.2, 0) is 19.6 Å². The minimum absolute atomic E-state index is 0.0373. The van der Waals surface area contributed by atoms with Crippen molar-refractivity contribution in [1.82, 2.24) is 4.31 Å². The number of sulfonamides is 1. The van der Waals surface area contributed by atoms with E-state index < -0.39 is 22.0 Å². The summed E-state index contributed by atoms with van der Waals surface area (Å²) in [6.45, 7) is 0.181. The molecule has 0 spiro atoms. The topological polar surface area (TPSA) is 113 Å². The van der Waals surface area contributed by atoms with Crippen molar-refractivity contribution in [1.29, 1.82) is 5.26 Å². The number of primary amides is 1. The maximum absolute atomic E-state index is 12.5. The van der Waals surface area contributed by atoms with E-state index in [4.69, 9.17) is 15.7 Å². The number of carbonyl (C=O) groups excluding carboxylic acids is 1. The molecule has 1 amide bonds. The van der Waals surface area contributed by atoms with E-state index in [9.17, 15) is 13.2 Å². The van der Waals surface area contributed by atoms with Gasteiger partial charge in [0.2, 0.25) is 15.9 Å². The minimum atomic E-state index is -3.89. The largest absolute Gasteiger partial charge is 0.378 e. The molecule has 1 saturated heterocycles. The van der Waals surface area contributed by atoms with Crippen molar-refractivity contribution in [2.24, 2.45) is 5.73 Å². The van der Waals surface area contributed by atoms with Crippen LogP contribution in [0.2, 0.25) is 0 Å². The number of morpholine rings is 1. The molecule has 0 radical (unpaired) electrons. The number of hydrogen-bond donors (Lipinski definition) is 1. The van der Waals surface area contributed by atoms with Gasteiger partial charge >= 0.3 is 0 Å². The molecule has 1 aromatic carbocycles. The molecule has 1 fully saturated rings. The summed E-state index contributed by atoms with van der Waals surface area (Å²) < 4.78 is 31.2. The van der Waals surface area contributed by atoms with Gasteiger partial charge in [0, 0.05) is 6.54 Å². The number of benzene rings is 1.